The molecule has 5 heteroatoms. The van der Waals surface area contributed by atoms with Crippen molar-refractivity contribution in [3.05, 3.63) is 36.4 Å². The van der Waals surface area contributed by atoms with E-state index in [4.69, 9.17) is 5.73 Å². The minimum Gasteiger partial charge on any atom is -0.397 e. The zero-order chi connectivity index (χ0) is 10.7. The van der Waals surface area contributed by atoms with E-state index in [1.54, 1.807) is 24.8 Å². The first-order valence-corrected chi connectivity index (χ1v) is 5.23. The predicted molar refractivity (Wildman–Crippen MR) is 59.5 cm³/mol. The molecule has 0 aliphatic carbocycles. The zero-order valence-corrected chi connectivity index (χ0v) is 9.03. The van der Waals surface area contributed by atoms with Gasteiger partial charge in [-0.2, -0.15) is 0 Å². The Labute approximate surface area is 92.0 Å². The van der Waals surface area contributed by atoms with Gasteiger partial charge in [0.25, 0.3) is 0 Å². The maximum Gasteiger partial charge on any atom is 0.125 e. The van der Waals surface area contributed by atoms with Crippen LogP contribution in [0, 0.1) is 6.92 Å². The van der Waals surface area contributed by atoms with Crippen LogP contribution >= 0.6 is 11.8 Å². The van der Waals surface area contributed by atoms with Crippen molar-refractivity contribution in [2.24, 2.45) is 0 Å². The SMILES string of the molecule is Cc1cnc(Sc2cnccn2)c(N)c1. The van der Waals surface area contributed by atoms with Crippen molar-refractivity contribution in [2.75, 3.05) is 5.73 Å². The highest BCUT2D eigenvalue weighted by atomic mass is 32.2. The zero-order valence-electron chi connectivity index (χ0n) is 8.21. The number of hydrogen-bond donors (Lipinski definition) is 1. The topological polar surface area (TPSA) is 64.7 Å². The van der Waals surface area contributed by atoms with Gasteiger partial charge in [-0.15, -0.1) is 0 Å². The molecule has 0 aromatic carbocycles. The second-order valence-corrected chi connectivity index (χ2v) is 4.06. The van der Waals surface area contributed by atoms with Crippen LogP contribution in [-0.4, -0.2) is 15.0 Å². The number of rotatable bonds is 2. The molecule has 0 atom stereocenters. The van der Waals surface area contributed by atoms with Crippen molar-refractivity contribution in [1.82, 2.24) is 15.0 Å². The van der Waals surface area contributed by atoms with Crippen LogP contribution < -0.4 is 5.73 Å². The highest BCUT2D eigenvalue weighted by Gasteiger charge is 2.04. The van der Waals surface area contributed by atoms with E-state index in [-0.39, 0.29) is 0 Å². The number of hydrogen-bond acceptors (Lipinski definition) is 5. The Morgan fingerprint density at radius 1 is 1.20 bits per heavy atom. The quantitative estimate of drug-likeness (QED) is 0.834. The summed E-state index contributed by atoms with van der Waals surface area (Å²) < 4.78 is 0. The van der Waals surface area contributed by atoms with Crippen molar-refractivity contribution in [3.8, 4) is 0 Å². The van der Waals surface area contributed by atoms with E-state index in [0.717, 1.165) is 15.6 Å². The summed E-state index contributed by atoms with van der Waals surface area (Å²) in [4.78, 5) is 12.4. The van der Waals surface area contributed by atoms with E-state index in [9.17, 15) is 0 Å². The average molecular weight is 218 g/mol. The van der Waals surface area contributed by atoms with Gasteiger partial charge in [-0.3, -0.25) is 4.98 Å². The largest absolute Gasteiger partial charge is 0.397 e. The van der Waals surface area contributed by atoms with Gasteiger partial charge in [0.1, 0.15) is 10.1 Å². The van der Waals surface area contributed by atoms with E-state index in [1.165, 1.54) is 11.8 Å². The first kappa shape index (κ1) is 9.92. The molecular formula is C10H10N4S. The fraction of sp³-hybridized carbons (Fsp3) is 0.100. The number of aromatic nitrogens is 3. The molecule has 2 rings (SSSR count). The lowest BCUT2D eigenvalue weighted by Gasteiger charge is -2.03. The molecule has 0 bridgehead atoms. The van der Waals surface area contributed by atoms with Gasteiger partial charge in [0.2, 0.25) is 0 Å². The Hall–Kier alpha value is -1.62. The maximum absolute atomic E-state index is 5.84. The van der Waals surface area contributed by atoms with Crippen LogP contribution in [0.5, 0.6) is 0 Å². The van der Waals surface area contributed by atoms with Crippen molar-refractivity contribution < 1.29 is 0 Å². The highest BCUT2D eigenvalue weighted by molar-refractivity contribution is 7.99. The van der Waals surface area contributed by atoms with Gasteiger partial charge in [0.15, 0.2) is 0 Å². The van der Waals surface area contributed by atoms with E-state index >= 15 is 0 Å². The lowest BCUT2D eigenvalue weighted by Crippen LogP contribution is -1.93. The molecule has 2 heterocycles. The molecule has 2 aromatic rings. The second-order valence-electron chi connectivity index (χ2n) is 3.05. The van der Waals surface area contributed by atoms with Crippen LogP contribution in [0.15, 0.2) is 40.9 Å². The number of aryl methyl sites for hydroxylation is 1. The third kappa shape index (κ3) is 2.44. The van der Waals surface area contributed by atoms with E-state index < -0.39 is 0 Å². The summed E-state index contributed by atoms with van der Waals surface area (Å²) in [7, 11) is 0. The summed E-state index contributed by atoms with van der Waals surface area (Å²) in [5.41, 5.74) is 7.56. The smallest absolute Gasteiger partial charge is 0.125 e. The fourth-order valence-electron chi connectivity index (χ4n) is 1.10. The summed E-state index contributed by atoms with van der Waals surface area (Å²) >= 11 is 1.41. The van der Waals surface area contributed by atoms with Gasteiger partial charge in [-0.1, -0.05) is 0 Å². The average Bonchev–Trinajstić information content (AvgIpc) is 2.24. The first-order chi connectivity index (χ1) is 7.25. The van der Waals surface area contributed by atoms with Gasteiger partial charge in [-0.05, 0) is 30.3 Å². The monoisotopic (exact) mass is 218 g/mol. The molecular weight excluding hydrogens is 208 g/mol. The normalized spacial score (nSPS) is 10.2. The molecule has 2 N–H and O–H groups in total. The lowest BCUT2D eigenvalue weighted by molar-refractivity contribution is 1.04. The Morgan fingerprint density at radius 3 is 2.73 bits per heavy atom. The van der Waals surface area contributed by atoms with Crippen LogP contribution in [0.2, 0.25) is 0 Å². The van der Waals surface area contributed by atoms with Crippen LogP contribution in [0.25, 0.3) is 0 Å². The van der Waals surface area contributed by atoms with E-state index in [1.807, 2.05) is 13.0 Å². The minimum atomic E-state index is 0.672. The van der Waals surface area contributed by atoms with Crippen molar-refractivity contribution in [2.45, 2.75) is 17.0 Å². The van der Waals surface area contributed by atoms with Crippen LogP contribution in [-0.2, 0) is 0 Å². The molecule has 0 aliphatic rings. The summed E-state index contributed by atoms with van der Waals surface area (Å²) in [6, 6.07) is 1.89. The molecule has 2 aromatic heterocycles. The second kappa shape index (κ2) is 4.27. The van der Waals surface area contributed by atoms with Gasteiger partial charge in [0, 0.05) is 18.6 Å². The standard InChI is InChI=1S/C10H10N4S/c1-7-4-8(11)10(14-5-7)15-9-6-12-2-3-13-9/h2-6H,11H2,1H3. The highest BCUT2D eigenvalue weighted by Crippen LogP contribution is 2.28. The molecule has 0 aliphatic heterocycles. The number of anilines is 1. The molecule has 15 heavy (non-hydrogen) atoms. The Balaban J connectivity index is 2.25. The molecule has 0 amide bonds. The molecule has 0 radical (unpaired) electrons. The van der Waals surface area contributed by atoms with Crippen molar-refractivity contribution in [3.63, 3.8) is 0 Å². The summed E-state index contributed by atoms with van der Waals surface area (Å²) in [5.74, 6) is 0. The summed E-state index contributed by atoms with van der Waals surface area (Å²) in [6.07, 6.45) is 6.75. The lowest BCUT2D eigenvalue weighted by atomic mass is 10.3. The van der Waals surface area contributed by atoms with Gasteiger partial charge in [-0.25, -0.2) is 9.97 Å². The van der Waals surface area contributed by atoms with Crippen molar-refractivity contribution in [1.29, 1.82) is 0 Å². The van der Waals surface area contributed by atoms with Gasteiger partial charge in [0.05, 0.1) is 11.9 Å². The van der Waals surface area contributed by atoms with Crippen LogP contribution in [0.1, 0.15) is 5.56 Å². The Morgan fingerprint density at radius 2 is 2.07 bits per heavy atom. The number of pyridine rings is 1. The molecule has 0 spiro atoms. The first-order valence-electron chi connectivity index (χ1n) is 4.41. The maximum atomic E-state index is 5.84. The Kier molecular flexibility index (Phi) is 2.82. The number of nitrogens with zero attached hydrogens (tertiary/aromatic N) is 3. The number of nitrogen functional groups attached to an aromatic ring is 1. The number of nitrogens with two attached hydrogens (primary N) is 1. The predicted octanol–water partition coefficient (Wildman–Crippen LogP) is 1.91. The van der Waals surface area contributed by atoms with Crippen LogP contribution in [0.3, 0.4) is 0 Å². The molecule has 76 valence electrons. The van der Waals surface area contributed by atoms with Gasteiger partial charge >= 0.3 is 0 Å². The minimum absolute atomic E-state index is 0.672. The summed E-state index contributed by atoms with van der Waals surface area (Å²) in [6.45, 7) is 1.96. The summed E-state index contributed by atoms with van der Waals surface area (Å²) in [5, 5.41) is 1.56. The van der Waals surface area contributed by atoms with Crippen LogP contribution in [0.4, 0.5) is 5.69 Å². The third-order valence-electron chi connectivity index (χ3n) is 1.76. The molecule has 0 saturated heterocycles. The van der Waals surface area contributed by atoms with E-state index in [2.05, 4.69) is 15.0 Å². The molecule has 4 nitrogen and oxygen atoms in total. The molecule has 0 saturated carbocycles. The van der Waals surface area contributed by atoms with Gasteiger partial charge < -0.3 is 5.73 Å². The van der Waals surface area contributed by atoms with E-state index in [0.29, 0.717) is 5.69 Å². The van der Waals surface area contributed by atoms with Crippen molar-refractivity contribution >= 4 is 17.4 Å². The third-order valence-corrected chi connectivity index (χ3v) is 2.71. The molecule has 0 unspecified atom stereocenters. The fourth-order valence-corrected chi connectivity index (χ4v) is 1.81. The molecule has 0 fully saturated rings. The Bertz CT molecular complexity index is 458.